The Bertz CT molecular complexity index is 1240. The van der Waals surface area contributed by atoms with Gasteiger partial charge in [-0.1, -0.05) is 36.4 Å². The van der Waals surface area contributed by atoms with Crippen LogP contribution in [0.25, 0.3) is 11.0 Å². The van der Waals surface area contributed by atoms with Gasteiger partial charge in [0.15, 0.2) is 0 Å². The van der Waals surface area contributed by atoms with E-state index in [0.29, 0.717) is 10.6 Å². The predicted octanol–water partition coefficient (Wildman–Crippen LogP) is 4.77. The molecule has 0 aliphatic carbocycles. The highest BCUT2D eigenvalue weighted by Crippen LogP contribution is 2.22. The smallest absolute Gasteiger partial charge is 0.262 e. The van der Waals surface area contributed by atoms with Gasteiger partial charge in [0.05, 0.1) is 15.9 Å². The van der Waals surface area contributed by atoms with E-state index in [4.69, 9.17) is 0 Å². The molecule has 0 fully saturated rings. The minimum absolute atomic E-state index is 0.310. The number of sulfonamides is 1. The summed E-state index contributed by atoms with van der Waals surface area (Å²) in [5, 5.41) is 0. The summed E-state index contributed by atoms with van der Waals surface area (Å²) in [6.07, 6.45) is 1.51. The van der Waals surface area contributed by atoms with E-state index in [9.17, 15) is 8.42 Å². The standard InChI is InChI=1S/C23H23N3O2S/c1-16-10-11-17(2)22(14-16)29(27,28)26-19-7-5-6-18(15-19)12-13-23-24-20-8-3-4-9-21(20)25-23/h3-11,14-15,26H,12-13H2,1-2H3,(H,24,25). The first kappa shape index (κ1) is 19.2. The molecule has 4 rings (SSSR count). The van der Waals surface area contributed by atoms with E-state index in [0.717, 1.165) is 46.4 Å². The Hall–Kier alpha value is -3.12. The van der Waals surface area contributed by atoms with Crippen LogP contribution >= 0.6 is 0 Å². The van der Waals surface area contributed by atoms with Crippen molar-refractivity contribution in [3.63, 3.8) is 0 Å². The Kier molecular flexibility index (Phi) is 5.11. The second kappa shape index (κ2) is 7.72. The van der Waals surface area contributed by atoms with Crippen molar-refractivity contribution < 1.29 is 8.42 Å². The van der Waals surface area contributed by atoms with Crippen LogP contribution in [-0.4, -0.2) is 18.4 Å². The summed E-state index contributed by atoms with van der Waals surface area (Å²) in [4.78, 5) is 8.24. The van der Waals surface area contributed by atoms with Crippen molar-refractivity contribution in [2.24, 2.45) is 0 Å². The van der Waals surface area contributed by atoms with Crippen molar-refractivity contribution in [1.82, 2.24) is 9.97 Å². The van der Waals surface area contributed by atoms with Crippen LogP contribution in [0.15, 0.2) is 71.6 Å². The molecule has 4 aromatic rings. The van der Waals surface area contributed by atoms with Crippen molar-refractivity contribution in [3.05, 3.63) is 89.2 Å². The lowest BCUT2D eigenvalue weighted by Crippen LogP contribution is -2.14. The van der Waals surface area contributed by atoms with Gasteiger partial charge in [-0.2, -0.15) is 0 Å². The molecule has 0 bridgehead atoms. The lowest BCUT2D eigenvalue weighted by atomic mass is 10.1. The first-order valence-electron chi connectivity index (χ1n) is 9.53. The van der Waals surface area contributed by atoms with Crippen LogP contribution in [0.1, 0.15) is 22.5 Å². The van der Waals surface area contributed by atoms with Gasteiger partial charge in [-0.05, 0) is 67.3 Å². The Morgan fingerprint density at radius 1 is 0.931 bits per heavy atom. The minimum atomic E-state index is -3.64. The average molecular weight is 406 g/mol. The van der Waals surface area contributed by atoms with Crippen molar-refractivity contribution in [2.75, 3.05) is 4.72 Å². The molecule has 3 aromatic carbocycles. The number of para-hydroxylation sites is 2. The summed E-state index contributed by atoms with van der Waals surface area (Å²) in [6, 6.07) is 20.9. The number of hydrogen-bond donors (Lipinski definition) is 2. The summed E-state index contributed by atoms with van der Waals surface area (Å²) in [7, 11) is -3.64. The highest BCUT2D eigenvalue weighted by molar-refractivity contribution is 7.92. The van der Waals surface area contributed by atoms with E-state index in [-0.39, 0.29) is 0 Å². The van der Waals surface area contributed by atoms with E-state index in [1.165, 1.54) is 0 Å². The number of aromatic amines is 1. The van der Waals surface area contributed by atoms with Crippen LogP contribution in [0.3, 0.4) is 0 Å². The van der Waals surface area contributed by atoms with Gasteiger partial charge in [-0.25, -0.2) is 13.4 Å². The highest BCUT2D eigenvalue weighted by Gasteiger charge is 2.17. The number of aromatic nitrogens is 2. The number of H-pyrrole nitrogens is 1. The Balaban J connectivity index is 1.50. The first-order chi connectivity index (χ1) is 13.9. The largest absolute Gasteiger partial charge is 0.342 e. The second-order valence-corrected chi connectivity index (χ2v) is 8.93. The van der Waals surface area contributed by atoms with Crippen LogP contribution < -0.4 is 4.72 Å². The number of aryl methyl sites for hydroxylation is 4. The fraction of sp³-hybridized carbons (Fsp3) is 0.174. The van der Waals surface area contributed by atoms with Crippen LogP contribution in [0.4, 0.5) is 5.69 Å². The van der Waals surface area contributed by atoms with Crippen LogP contribution in [0.2, 0.25) is 0 Å². The van der Waals surface area contributed by atoms with Crippen molar-refractivity contribution >= 4 is 26.7 Å². The fourth-order valence-corrected chi connectivity index (χ4v) is 4.76. The van der Waals surface area contributed by atoms with Gasteiger partial charge in [-0.3, -0.25) is 4.72 Å². The Labute approximate surface area is 170 Å². The van der Waals surface area contributed by atoms with E-state index in [2.05, 4.69) is 14.7 Å². The van der Waals surface area contributed by atoms with E-state index in [1.807, 2.05) is 61.5 Å². The number of imidazole rings is 1. The van der Waals surface area contributed by atoms with Crippen LogP contribution in [0.5, 0.6) is 0 Å². The molecule has 0 aliphatic rings. The van der Waals surface area contributed by atoms with Crippen molar-refractivity contribution in [3.8, 4) is 0 Å². The fourth-order valence-electron chi connectivity index (χ4n) is 3.38. The van der Waals surface area contributed by atoms with Crippen LogP contribution in [0, 0.1) is 13.8 Å². The Morgan fingerprint density at radius 2 is 1.76 bits per heavy atom. The monoisotopic (exact) mass is 405 g/mol. The summed E-state index contributed by atoms with van der Waals surface area (Å²) in [5.41, 5.74) is 5.23. The molecular formula is C23H23N3O2S. The van der Waals surface area contributed by atoms with Gasteiger partial charge in [0, 0.05) is 12.1 Å². The number of rotatable bonds is 6. The van der Waals surface area contributed by atoms with Crippen LogP contribution in [-0.2, 0) is 22.9 Å². The topological polar surface area (TPSA) is 74.8 Å². The van der Waals surface area contributed by atoms with Gasteiger partial charge < -0.3 is 4.98 Å². The molecule has 0 unspecified atom stereocenters. The molecule has 0 aliphatic heterocycles. The predicted molar refractivity (Wildman–Crippen MR) is 117 cm³/mol. The SMILES string of the molecule is Cc1ccc(C)c(S(=O)(=O)Nc2cccc(CCc3nc4ccccc4[nH]3)c2)c1. The Morgan fingerprint density at radius 3 is 2.59 bits per heavy atom. The number of fused-ring (bicyclic) bond motifs is 1. The molecule has 0 spiro atoms. The maximum Gasteiger partial charge on any atom is 0.262 e. The molecular weight excluding hydrogens is 382 g/mol. The zero-order valence-electron chi connectivity index (χ0n) is 16.4. The molecule has 148 valence electrons. The van der Waals surface area contributed by atoms with Gasteiger partial charge in [0.1, 0.15) is 5.82 Å². The summed E-state index contributed by atoms with van der Waals surface area (Å²) >= 11 is 0. The molecule has 0 atom stereocenters. The zero-order chi connectivity index (χ0) is 20.4. The number of nitrogens with one attached hydrogen (secondary N) is 2. The minimum Gasteiger partial charge on any atom is -0.342 e. The third-order valence-electron chi connectivity index (χ3n) is 4.90. The third kappa shape index (κ3) is 4.32. The van der Waals surface area contributed by atoms with E-state index < -0.39 is 10.0 Å². The molecule has 1 aromatic heterocycles. The average Bonchev–Trinajstić information content (AvgIpc) is 3.11. The van der Waals surface area contributed by atoms with Gasteiger partial charge in [0.25, 0.3) is 10.0 Å². The molecule has 6 heteroatoms. The summed E-state index contributed by atoms with van der Waals surface area (Å²) in [5.74, 6) is 0.924. The summed E-state index contributed by atoms with van der Waals surface area (Å²) in [6.45, 7) is 3.69. The highest BCUT2D eigenvalue weighted by atomic mass is 32.2. The molecule has 29 heavy (non-hydrogen) atoms. The van der Waals surface area contributed by atoms with Crippen molar-refractivity contribution in [2.45, 2.75) is 31.6 Å². The summed E-state index contributed by atoms with van der Waals surface area (Å²) < 4.78 is 28.4. The zero-order valence-corrected chi connectivity index (χ0v) is 17.3. The molecule has 1 heterocycles. The van der Waals surface area contributed by atoms with Gasteiger partial charge >= 0.3 is 0 Å². The lowest BCUT2D eigenvalue weighted by molar-refractivity contribution is 0.600. The van der Waals surface area contributed by atoms with E-state index in [1.54, 1.807) is 19.1 Å². The maximum atomic E-state index is 12.8. The van der Waals surface area contributed by atoms with Gasteiger partial charge in [-0.15, -0.1) is 0 Å². The maximum absolute atomic E-state index is 12.8. The van der Waals surface area contributed by atoms with Crippen molar-refractivity contribution in [1.29, 1.82) is 0 Å². The van der Waals surface area contributed by atoms with E-state index >= 15 is 0 Å². The molecule has 0 saturated carbocycles. The second-order valence-electron chi connectivity index (χ2n) is 7.28. The lowest BCUT2D eigenvalue weighted by Gasteiger charge is -2.12. The molecule has 0 amide bonds. The number of hydrogen-bond acceptors (Lipinski definition) is 3. The third-order valence-corrected chi connectivity index (χ3v) is 6.42. The molecule has 2 N–H and O–H groups in total. The number of anilines is 1. The molecule has 5 nitrogen and oxygen atoms in total. The normalized spacial score (nSPS) is 11.7. The number of nitrogens with zero attached hydrogens (tertiary/aromatic N) is 1. The first-order valence-corrected chi connectivity index (χ1v) is 11.0. The molecule has 0 radical (unpaired) electrons. The van der Waals surface area contributed by atoms with Gasteiger partial charge in [0.2, 0.25) is 0 Å². The molecule has 0 saturated heterocycles. The number of benzene rings is 3. The quantitative estimate of drug-likeness (QED) is 0.485.